The van der Waals surface area contributed by atoms with Crippen molar-refractivity contribution in [2.75, 3.05) is 0 Å². The van der Waals surface area contributed by atoms with E-state index in [0.717, 1.165) is 19.3 Å². The van der Waals surface area contributed by atoms with Gasteiger partial charge in [-0.15, -0.1) is 0 Å². The largest absolute Gasteiger partial charge is 0.454 e. The topological polar surface area (TPSA) is 45.8 Å². The van der Waals surface area contributed by atoms with E-state index in [4.69, 9.17) is 5.26 Å². The van der Waals surface area contributed by atoms with E-state index >= 15 is 0 Å². The molecular weight excluding hydrogens is 269 g/mol. The number of carbonyl (C=O) groups is 1. The molecule has 0 aliphatic heterocycles. The normalized spacial score (nSPS) is 12.2. The summed E-state index contributed by atoms with van der Waals surface area (Å²) in [7, 11) is 0. The van der Waals surface area contributed by atoms with Crippen LogP contribution in [-0.2, 0) is 6.54 Å². The van der Waals surface area contributed by atoms with Gasteiger partial charge >= 0.3 is 6.18 Å². The number of rotatable bonds is 6. The van der Waals surface area contributed by atoms with E-state index in [1.54, 1.807) is 4.57 Å². The Bertz CT molecular complexity index is 509. The highest BCUT2D eigenvalue weighted by molar-refractivity contribution is 6.00. The second kappa shape index (κ2) is 6.12. The number of unbranched alkanes of at least 4 members (excludes halogenated alkanes) is 1. The van der Waals surface area contributed by atoms with Crippen molar-refractivity contribution in [3.63, 3.8) is 0 Å². The van der Waals surface area contributed by atoms with Gasteiger partial charge in [-0.3, -0.25) is 4.79 Å². The van der Waals surface area contributed by atoms with Crippen molar-refractivity contribution in [1.82, 2.24) is 4.57 Å². The summed E-state index contributed by atoms with van der Waals surface area (Å²) in [6.07, 6.45) is 0.141. The predicted molar refractivity (Wildman–Crippen MR) is 68.1 cm³/mol. The van der Waals surface area contributed by atoms with E-state index in [-0.39, 0.29) is 11.0 Å². The third kappa shape index (κ3) is 4.72. The molecule has 0 N–H and O–H groups in total. The number of Topliss-reactive ketones (excluding diaryl/α,β-unsaturated/α-hetero) is 1. The molecule has 1 rings (SSSR count). The lowest BCUT2D eigenvalue weighted by Gasteiger charge is -2.14. The van der Waals surface area contributed by atoms with E-state index in [9.17, 15) is 18.0 Å². The molecule has 0 unspecified atom stereocenters. The molecular formula is C14H17F3N2O. The first-order valence-corrected chi connectivity index (χ1v) is 6.34. The Labute approximate surface area is 116 Å². The quantitative estimate of drug-likeness (QED) is 0.587. The van der Waals surface area contributed by atoms with Crippen LogP contribution in [0.5, 0.6) is 0 Å². The molecule has 110 valence electrons. The van der Waals surface area contributed by atoms with Crippen molar-refractivity contribution in [2.45, 2.75) is 45.8 Å². The Kier molecular flexibility index (Phi) is 4.98. The molecule has 0 saturated heterocycles. The standard InChI is InChI=1S/C14H17F3N2O/c1-13(2,10-18)6-3-4-7-19-8-5-11(9-19)12(20)14(15,16)17/h5,8-9H,3-4,6-7H2,1-2H3. The van der Waals surface area contributed by atoms with Crippen LogP contribution in [0.15, 0.2) is 18.5 Å². The van der Waals surface area contributed by atoms with Crippen molar-refractivity contribution in [3.8, 4) is 6.07 Å². The third-order valence-electron chi connectivity index (χ3n) is 3.04. The van der Waals surface area contributed by atoms with Crippen molar-refractivity contribution < 1.29 is 18.0 Å². The Morgan fingerprint density at radius 3 is 2.55 bits per heavy atom. The fourth-order valence-corrected chi connectivity index (χ4v) is 1.80. The van der Waals surface area contributed by atoms with Gasteiger partial charge in [-0.05, 0) is 32.8 Å². The minimum absolute atomic E-state index is 0.338. The monoisotopic (exact) mass is 286 g/mol. The Morgan fingerprint density at radius 2 is 2.00 bits per heavy atom. The highest BCUT2D eigenvalue weighted by Gasteiger charge is 2.39. The molecule has 0 aliphatic rings. The Hall–Kier alpha value is -1.77. The SMILES string of the molecule is CC(C)(C#N)CCCCn1ccc(C(=O)C(F)(F)F)c1. The number of hydrogen-bond donors (Lipinski definition) is 0. The number of hydrogen-bond acceptors (Lipinski definition) is 2. The lowest BCUT2D eigenvalue weighted by Crippen LogP contribution is -2.22. The lowest BCUT2D eigenvalue weighted by atomic mass is 9.89. The van der Waals surface area contributed by atoms with Crippen LogP contribution in [0.2, 0.25) is 0 Å². The molecule has 0 amide bonds. The number of aryl methyl sites for hydroxylation is 1. The number of nitrogens with zero attached hydrogens (tertiary/aromatic N) is 2. The minimum atomic E-state index is -4.83. The third-order valence-corrected chi connectivity index (χ3v) is 3.04. The molecule has 1 aromatic heterocycles. The van der Waals surface area contributed by atoms with E-state index in [2.05, 4.69) is 6.07 Å². The number of alkyl halides is 3. The van der Waals surface area contributed by atoms with Crippen LogP contribution in [0.1, 0.15) is 43.5 Å². The van der Waals surface area contributed by atoms with Crippen LogP contribution >= 0.6 is 0 Å². The zero-order valence-corrected chi connectivity index (χ0v) is 11.5. The predicted octanol–water partition coefficient (Wildman–Crippen LogP) is 3.95. The number of aromatic nitrogens is 1. The fraction of sp³-hybridized carbons (Fsp3) is 0.571. The van der Waals surface area contributed by atoms with Gasteiger partial charge in [-0.2, -0.15) is 18.4 Å². The summed E-state index contributed by atoms with van der Waals surface area (Å²) < 4.78 is 38.3. The second-order valence-electron chi connectivity index (χ2n) is 5.42. The molecule has 0 fully saturated rings. The van der Waals surface area contributed by atoms with Crippen LogP contribution in [-0.4, -0.2) is 16.5 Å². The van der Waals surface area contributed by atoms with Crippen molar-refractivity contribution in [2.24, 2.45) is 5.41 Å². The molecule has 1 heterocycles. The second-order valence-corrected chi connectivity index (χ2v) is 5.42. The molecule has 1 aromatic rings. The minimum Gasteiger partial charge on any atom is -0.354 e. The van der Waals surface area contributed by atoms with E-state index in [1.807, 2.05) is 13.8 Å². The summed E-state index contributed by atoms with van der Waals surface area (Å²) in [6, 6.07) is 3.37. The first-order valence-electron chi connectivity index (χ1n) is 6.34. The highest BCUT2D eigenvalue weighted by atomic mass is 19.4. The summed E-state index contributed by atoms with van der Waals surface area (Å²) in [4.78, 5) is 11.0. The summed E-state index contributed by atoms with van der Waals surface area (Å²) in [6.45, 7) is 4.23. The van der Waals surface area contributed by atoms with Gasteiger partial charge in [-0.25, -0.2) is 0 Å². The van der Waals surface area contributed by atoms with Crippen LogP contribution in [0.4, 0.5) is 13.2 Å². The molecule has 0 spiro atoms. The first kappa shape index (κ1) is 16.3. The maximum Gasteiger partial charge on any atom is 0.454 e. The molecule has 0 bridgehead atoms. The number of ketones is 1. The fourth-order valence-electron chi connectivity index (χ4n) is 1.80. The van der Waals surface area contributed by atoms with E-state index < -0.39 is 12.0 Å². The number of nitriles is 1. The van der Waals surface area contributed by atoms with Gasteiger partial charge < -0.3 is 4.57 Å². The van der Waals surface area contributed by atoms with E-state index in [1.165, 1.54) is 18.5 Å². The molecule has 0 atom stereocenters. The zero-order valence-electron chi connectivity index (χ0n) is 11.5. The highest BCUT2D eigenvalue weighted by Crippen LogP contribution is 2.23. The van der Waals surface area contributed by atoms with Crippen LogP contribution in [0.3, 0.4) is 0 Å². The van der Waals surface area contributed by atoms with Crippen LogP contribution < -0.4 is 0 Å². The van der Waals surface area contributed by atoms with E-state index in [0.29, 0.717) is 6.54 Å². The van der Waals surface area contributed by atoms with Gasteiger partial charge in [0.2, 0.25) is 0 Å². The molecule has 0 aliphatic carbocycles. The Balaban J connectivity index is 2.46. The van der Waals surface area contributed by atoms with Gasteiger partial charge in [0, 0.05) is 24.5 Å². The average molecular weight is 286 g/mol. The van der Waals surface area contributed by atoms with Crippen LogP contribution in [0, 0.1) is 16.7 Å². The van der Waals surface area contributed by atoms with Gasteiger partial charge in [0.25, 0.3) is 5.78 Å². The van der Waals surface area contributed by atoms with Gasteiger partial charge in [0.15, 0.2) is 0 Å². The van der Waals surface area contributed by atoms with Crippen molar-refractivity contribution in [3.05, 3.63) is 24.0 Å². The number of halogens is 3. The van der Waals surface area contributed by atoms with Crippen molar-refractivity contribution >= 4 is 5.78 Å². The maximum atomic E-state index is 12.2. The van der Waals surface area contributed by atoms with Gasteiger partial charge in [0.1, 0.15) is 0 Å². The molecule has 0 radical (unpaired) electrons. The van der Waals surface area contributed by atoms with Crippen LogP contribution in [0.25, 0.3) is 0 Å². The Morgan fingerprint density at radius 1 is 1.35 bits per heavy atom. The summed E-state index contributed by atoms with van der Waals surface area (Å²) in [5, 5.41) is 8.85. The smallest absolute Gasteiger partial charge is 0.354 e. The lowest BCUT2D eigenvalue weighted by molar-refractivity contribution is -0.0885. The first-order chi connectivity index (χ1) is 9.15. The molecule has 20 heavy (non-hydrogen) atoms. The molecule has 3 nitrogen and oxygen atoms in total. The van der Waals surface area contributed by atoms with Gasteiger partial charge in [-0.1, -0.05) is 6.42 Å². The summed E-state index contributed by atoms with van der Waals surface area (Å²) in [5.74, 6) is -1.82. The molecule has 0 aromatic carbocycles. The maximum absolute atomic E-state index is 12.2. The number of carbonyl (C=O) groups excluding carboxylic acids is 1. The van der Waals surface area contributed by atoms with Crippen molar-refractivity contribution in [1.29, 1.82) is 5.26 Å². The average Bonchev–Trinajstić information content (AvgIpc) is 2.81. The molecule has 0 saturated carbocycles. The summed E-state index contributed by atoms with van der Waals surface area (Å²) >= 11 is 0. The van der Waals surface area contributed by atoms with Gasteiger partial charge in [0.05, 0.1) is 11.5 Å². The summed E-state index contributed by atoms with van der Waals surface area (Å²) in [5.41, 5.74) is -0.719. The molecule has 6 heteroatoms. The zero-order chi connectivity index (χ0) is 15.4.